The van der Waals surface area contributed by atoms with Gasteiger partial charge in [-0.1, -0.05) is 39.0 Å². The van der Waals surface area contributed by atoms with E-state index in [1.807, 2.05) is 52.4 Å². The van der Waals surface area contributed by atoms with Crippen molar-refractivity contribution in [2.45, 2.75) is 44.7 Å². The highest BCUT2D eigenvalue weighted by Gasteiger charge is 2.34. The fourth-order valence-corrected chi connectivity index (χ4v) is 4.16. The van der Waals surface area contributed by atoms with Gasteiger partial charge in [-0.25, -0.2) is 10.9 Å². The van der Waals surface area contributed by atoms with E-state index in [2.05, 4.69) is 36.6 Å². The average molecular weight is 422 g/mol. The second-order valence-electron chi connectivity index (χ2n) is 9.36. The number of hydrogen-bond donors (Lipinski definition) is 2. The van der Waals surface area contributed by atoms with E-state index >= 15 is 0 Å². The van der Waals surface area contributed by atoms with Crippen molar-refractivity contribution in [3.8, 4) is 0 Å². The third kappa shape index (κ3) is 4.78. The number of nitrogens with one attached hydrogen (secondary N) is 2. The maximum Gasteiger partial charge on any atom is 0.253 e. The molecule has 0 spiro atoms. The highest BCUT2D eigenvalue weighted by atomic mass is 16.2. The lowest BCUT2D eigenvalue weighted by Crippen LogP contribution is -2.54. The van der Waals surface area contributed by atoms with Crippen LogP contribution in [0.4, 0.5) is 0 Å². The summed E-state index contributed by atoms with van der Waals surface area (Å²) in [4.78, 5) is 33.7. The van der Waals surface area contributed by atoms with E-state index in [0.29, 0.717) is 38.2 Å². The third-order valence-electron chi connectivity index (χ3n) is 6.16. The van der Waals surface area contributed by atoms with Crippen molar-refractivity contribution >= 4 is 11.8 Å². The van der Waals surface area contributed by atoms with E-state index in [1.54, 1.807) is 6.20 Å². The Morgan fingerprint density at radius 1 is 0.968 bits per heavy atom. The molecular formula is C24H31N5O2. The Morgan fingerprint density at radius 3 is 2.26 bits per heavy atom. The van der Waals surface area contributed by atoms with Gasteiger partial charge in [0, 0.05) is 50.2 Å². The normalized spacial score (nSPS) is 21.9. The van der Waals surface area contributed by atoms with Crippen LogP contribution in [0.3, 0.4) is 0 Å². The average Bonchev–Trinajstić information content (AvgIpc) is 3.29. The van der Waals surface area contributed by atoms with Gasteiger partial charge in [0.1, 0.15) is 6.04 Å². The smallest absolute Gasteiger partial charge is 0.253 e. The third-order valence-corrected chi connectivity index (χ3v) is 6.16. The highest BCUT2D eigenvalue weighted by molar-refractivity contribution is 5.94. The summed E-state index contributed by atoms with van der Waals surface area (Å²) < 4.78 is 0. The van der Waals surface area contributed by atoms with Crippen LogP contribution in [0, 0.1) is 0 Å². The number of carbonyl (C=O) groups excluding carboxylic acids is 2. The molecular weight excluding hydrogens is 390 g/mol. The van der Waals surface area contributed by atoms with E-state index < -0.39 is 0 Å². The number of hydrazine groups is 1. The van der Waals surface area contributed by atoms with Gasteiger partial charge >= 0.3 is 0 Å². The molecule has 0 aliphatic carbocycles. The molecule has 2 N–H and O–H groups in total. The zero-order chi connectivity index (χ0) is 22.0. The predicted octanol–water partition coefficient (Wildman–Crippen LogP) is 2.27. The first-order chi connectivity index (χ1) is 14.8. The second-order valence-corrected chi connectivity index (χ2v) is 9.36. The van der Waals surface area contributed by atoms with E-state index in [9.17, 15) is 9.59 Å². The molecule has 0 bridgehead atoms. The molecule has 7 heteroatoms. The summed E-state index contributed by atoms with van der Waals surface area (Å²) in [6.45, 7) is 8.70. The van der Waals surface area contributed by atoms with Crippen molar-refractivity contribution in [1.82, 2.24) is 25.6 Å². The molecule has 2 aliphatic rings. The lowest BCUT2D eigenvalue weighted by atomic mass is 9.86. The summed E-state index contributed by atoms with van der Waals surface area (Å²) in [6, 6.07) is 11.6. The number of piperazine rings is 1. The summed E-state index contributed by atoms with van der Waals surface area (Å²) in [6.07, 6.45) is 4.25. The fourth-order valence-electron chi connectivity index (χ4n) is 4.16. The lowest BCUT2D eigenvalue weighted by molar-refractivity contribution is -0.134. The lowest BCUT2D eigenvalue weighted by Gasteiger charge is -2.36. The summed E-state index contributed by atoms with van der Waals surface area (Å²) in [5.41, 5.74) is 9.38. The zero-order valence-electron chi connectivity index (χ0n) is 18.5. The van der Waals surface area contributed by atoms with Crippen LogP contribution in [-0.2, 0) is 10.2 Å². The number of pyridine rings is 1. The molecule has 3 heterocycles. The van der Waals surface area contributed by atoms with Crippen molar-refractivity contribution < 1.29 is 9.59 Å². The zero-order valence-corrected chi connectivity index (χ0v) is 18.5. The first kappa shape index (κ1) is 21.5. The molecule has 2 aromatic rings. The minimum atomic E-state index is -0.266. The Kier molecular flexibility index (Phi) is 6.07. The van der Waals surface area contributed by atoms with E-state index in [1.165, 1.54) is 5.56 Å². The molecule has 2 saturated heterocycles. The van der Waals surface area contributed by atoms with Gasteiger partial charge in [-0.05, 0) is 41.2 Å². The number of hydrogen-bond acceptors (Lipinski definition) is 5. The summed E-state index contributed by atoms with van der Waals surface area (Å²) >= 11 is 0. The molecule has 31 heavy (non-hydrogen) atoms. The van der Waals surface area contributed by atoms with E-state index in [-0.39, 0.29) is 29.3 Å². The molecule has 2 atom stereocenters. The van der Waals surface area contributed by atoms with Gasteiger partial charge in [0.2, 0.25) is 5.91 Å². The molecule has 164 valence electrons. The van der Waals surface area contributed by atoms with Gasteiger partial charge in [0.05, 0.1) is 0 Å². The van der Waals surface area contributed by atoms with Crippen molar-refractivity contribution in [3.63, 3.8) is 0 Å². The number of benzene rings is 1. The molecule has 2 unspecified atom stereocenters. The van der Waals surface area contributed by atoms with Crippen molar-refractivity contribution in [1.29, 1.82) is 0 Å². The highest BCUT2D eigenvalue weighted by Crippen LogP contribution is 2.24. The quantitative estimate of drug-likeness (QED) is 0.795. The molecule has 2 amide bonds. The summed E-state index contributed by atoms with van der Waals surface area (Å²) in [7, 11) is 0. The molecule has 2 aliphatic heterocycles. The van der Waals surface area contributed by atoms with Crippen LogP contribution >= 0.6 is 0 Å². The monoisotopic (exact) mass is 421 g/mol. The van der Waals surface area contributed by atoms with Crippen LogP contribution < -0.4 is 10.9 Å². The number of carbonyl (C=O) groups is 2. The molecule has 7 nitrogen and oxygen atoms in total. The van der Waals surface area contributed by atoms with Gasteiger partial charge in [-0.15, -0.1) is 0 Å². The van der Waals surface area contributed by atoms with Crippen LogP contribution in [-0.4, -0.2) is 58.8 Å². The van der Waals surface area contributed by atoms with Gasteiger partial charge in [0.15, 0.2) is 0 Å². The van der Waals surface area contributed by atoms with Crippen molar-refractivity contribution in [2.24, 2.45) is 0 Å². The molecule has 1 aromatic heterocycles. The maximum atomic E-state index is 13.0. The minimum absolute atomic E-state index is 0.0323. The summed E-state index contributed by atoms with van der Waals surface area (Å²) in [5.74, 6) is 0.116. The standard InChI is InChI=1S/C24H31N5O2/c1-24(2,3)19-8-6-17(7-9-19)22(30)28-11-13-29(14-12-28)23(31)21-15-20(26-27-21)18-5-4-10-25-16-18/h4-10,16,20-21,26-27H,11-15H2,1-3H3. The Morgan fingerprint density at radius 2 is 1.65 bits per heavy atom. The van der Waals surface area contributed by atoms with Gasteiger partial charge < -0.3 is 9.80 Å². The van der Waals surface area contributed by atoms with Crippen LogP contribution in [0.15, 0.2) is 48.8 Å². The molecule has 4 rings (SSSR count). The van der Waals surface area contributed by atoms with E-state index in [4.69, 9.17) is 0 Å². The Labute approximate surface area is 183 Å². The van der Waals surface area contributed by atoms with Gasteiger partial charge in [0.25, 0.3) is 5.91 Å². The fraction of sp³-hybridized carbons (Fsp3) is 0.458. The minimum Gasteiger partial charge on any atom is -0.338 e. The second kappa shape index (κ2) is 8.77. The Hall–Kier alpha value is -2.77. The van der Waals surface area contributed by atoms with Crippen LogP contribution in [0.1, 0.15) is 54.7 Å². The van der Waals surface area contributed by atoms with Crippen LogP contribution in [0.2, 0.25) is 0 Å². The number of nitrogens with zero attached hydrogens (tertiary/aromatic N) is 3. The van der Waals surface area contributed by atoms with E-state index in [0.717, 1.165) is 5.56 Å². The topological polar surface area (TPSA) is 77.6 Å². The number of amides is 2. The van der Waals surface area contributed by atoms with Crippen molar-refractivity contribution in [2.75, 3.05) is 26.2 Å². The Balaban J connectivity index is 1.30. The van der Waals surface area contributed by atoms with Gasteiger partial charge in [-0.2, -0.15) is 0 Å². The first-order valence-electron chi connectivity index (χ1n) is 10.9. The van der Waals surface area contributed by atoms with Crippen LogP contribution in [0.5, 0.6) is 0 Å². The molecule has 2 fully saturated rings. The Bertz CT molecular complexity index is 915. The largest absolute Gasteiger partial charge is 0.338 e. The molecule has 0 radical (unpaired) electrons. The number of aromatic nitrogens is 1. The van der Waals surface area contributed by atoms with Crippen LogP contribution in [0.25, 0.3) is 0 Å². The van der Waals surface area contributed by atoms with Gasteiger partial charge in [-0.3, -0.25) is 14.6 Å². The number of rotatable bonds is 3. The van der Waals surface area contributed by atoms with Crippen molar-refractivity contribution in [3.05, 3.63) is 65.5 Å². The SMILES string of the molecule is CC(C)(C)c1ccc(C(=O)N2CCN(C(=O)C3CC(c4cccnc4)NN3)CC2)cc1. The predicted molar refractivity (Wildman–Crippen MR) is 119 cm³/mol. The summed E-state index contributed by atoms with van der Waals surface area (Å²) in [5, 5.41) is 0. The molecule has 1 aromatic carbocycles. The first-order valence-corrected chi connectivity index (χ1v) is 10.9. The molecule has 0 saturated carbocycles. The maximum absolute atomic E-state index is 13.0.